The van der Waals surface area contributed by atoms with Crippen LogP contribution in [-0.4, -0.2) is 29.8 Å². The molecule has 0 unspecified atom stereocenters. The Morgan fingerprint density at radius 3 is 2.64 bits per heavy atom. The van der Waals surface area contributed by atoms with E-state index in [0.29, 0.717) is 16.9 Å². The molecule has 0 bridgehead atoms. The first kappa shape index (κ1) is 15.9. The van der Waals surface area contributed by atoms with Gasteiger partial charge in [0.25, 0.3) is 0 Å². The van der Waals surface area contributed by atoms with Crippen LogP contribution in [0.25, 0.3) is 6.08 Å². The third kappa shape index (κ3) is 3.05. The number of benzene rings is 1. The fourth-order valence-electron chi connectivity index (χ4n) is 2.23. The van der Waals surface area contributed by atoms with E-state index in [1.165, 1.54) is 20.1 Å². The standard InChI is InChI=1S/C16H18O6/c1-9(17)21-8-11-10-5-6-16(2,3)22-13(10)7-12(18)14(11)15(19)20-4/h5-7,18H,8H2,1-4H3. The first-order valence-corrected chi connectivity index (χ1v) is 6.74. The molecule has 0 fully saturated rings. The summed E-state index contributed by atoms with van der Waals surface area (Å²) in [7, 11) is 1.21. The molecule has 0 atom stereocenters. The van der Waals surface area contributed by atoms with Crippen LogP contribution in [-0.2, 0) is 20.9 Å². The number of phenolic OH excluding ortho intramolecular Hbond substituents is 1. The van der Waals surface area contributed by atoms with Crippen molar-refractivity contribution in [2.24, 2.45) is 0 Å². The second-order valence-corrected chi connectivity index (χ2v) is 5.47. The third-order valence-electron chi connectivity index (χ3n) is 3.25. The topological polar surface area (TPSA) is 82.1 Å². The number of hydrogen-bond acceptors (Lipinski definition) is 6. The van der Waals surface area contributed by atoms with Crippen molar-refractivity contribution in [1.29, 1.82) is 0 Å². The second-order valence-electron chi connectivity index (χ2n) is 5.47. The summed E-state index contributed by atoms with van der Waals surface area (Å²) in [5.74, 6) is -1.06. The minimum Gasteiger partial charge on any atom is -0.507 e. The highest BCUT2D eigenvalue weighted by molar-refractivity contribution is 5.96. The molecule has 6 nitrogen and oxygen atoms in total. The van der Waals surface area contributed by atoms with Gasteiger partial charge >= 0.3 is 11.9 Å². The van der Waals surface area contributed by atoms with Crippen LogP contribution in [0.1, 0.15) is 42.3 Å². The fraction of sp³-hybridized carbons (Fsp3) is 0.375. The van der Waals surface area contributed by atoms with Crippen LogP contribution in [0.15, 0.2) is 12.1 Å². The molecule has 0 aliphatic carbocycles. The molecule has 1 heterocycles. The molecule has 1 aromatic carbocycles. The van der Waals surface area contributed by atoms with E-state index in [-0.39, 0.29) is 17.9 Å². The van der Waals surface area contributed by atoms with Crippen molar-refractivity contribution in [3.05, 3.63) is 28.8 Å². The van der Waals surface area contributed by atoms with E-state index < -0.39 is 17.5 Å². The fourth-order valence-corrected chi connectivity index (χ4v) is 2.23. The number of fused-ring (bicyclic) bond motifs is 1. The molecular weight excluding hydrogens is 288 g/mol. The number of esters is 2. The molecule has 22 heavy (non-hydrogen) atoms. The van der Waals surface area contributed by atoms with Crippen molar-refractivity contribution in [3.63, 3.8) is 0 Å². The first-order valence-electron chi connectivity index (χ1n) is 6.74. The van der Waals surface area contributed by atoms with Crippen molar-refractivity contribution >= 4 is 18.0 Å². The summed E-state index contributed by atoms with van der Waals surface area (Å²) in [4.78, 5) is 23.0. The number of ether oxygens (including phenoxy) is 3. The Bertz CT molecular complexity index is 657. The average molecular weight is 306 g/mol. The molecule has 2 rings (SSSR count). The number of methoxy groups -OCH3 is 1. The Hall–Kier alpha value is -2.50. The van der Waals surface area contributed by atoms with E-state index in [2.05, 4.69) is 0 Å². The smallest absolute Gasteiger partial charge is 0.342 e. The van der Waals surface area contributed by atoms with Gasteiger partial charge in [0, 0.05) is 24.1 Å². The lowest BCUT2D eigenvalue weighted by molar-refractivity contribution is -0.142. The molecule has 0 saturated heterocycles. The molecule has 1 aliphatic rings. The SMILES string of the molecule is COC(=O)c1c(O)cc2c(c1COC(C)=O)C=CC(C)(C)O2. The van der Waals surface area contributed by atoms with Gasteiger partial charge in [-0.1, -0.05) is 6.08 Å². The zero-order valence-electron chi connectivity index (χ0n) is 12.9. The highest BCUT2D eigenvalue weighted by atomic mass is 16.5. The number of hydrogen-bond donors (Lipinski definition) is 1. The molecule has 6 heteroatoms. The Morgan fingerprint density at radius 1 is 1.36 bits per heavy atom. The predicted molar refractivity (Wildman–Crippen MR) is 78.7 cm³/mol. The monoisotopic (exact) mass is 306 g/mol. The zero-order valence-corrected chi connectivity index (χ0v) is 12.9. The molecule has 1 N–H and O–H groups in total. The van der Waals surface area contributed by atoms with E-state index in [1.54, 1.807) is 6.08 Å². The summed E-state index contributed by atoms with van der Waals surface area (Å²) in [5.41, 5.74) is 0.364. The quantitative estimate of drug-likeness (QED) is 0.864. The maximum absolute atomic E-state index is 11.9. The van der Waals surface area contributed by atoms with Crippen LogP contribution >= 0.6 is 0 Å². The molecular formula is C16H18O6. The van der Waals surface area contributed by atoms with Crippen LogP contribution in [0.2, 0.25) is 0 Å². The molecule has 0 amide bonds. The third-order valence-corrected chi connectivity index (χ3v) is 3.25. The van der Waals surface area contributed by atoms with Crippen molar-refractivity contribution in [2.75, 3.05) is 7.11 Å². The normalized spacial score (nSPS) is 14.7. The minimum absolute atomic E-state index is 0.0320. The predicted octanol–water partition coefficient (Wildman–Crippen LogP) is 2.43. The van der Waals surface area contributed by atoms with Gasteiger partial charge in [0.15, 0.2) is 0 Å². The highest BCUT2D eigenvalue weighted by Gasteiger charge is 2.29. The lowest BCUT2D eigenvalue weighted by Gasteiger charge is -2.29. The van der Waals surface area contributed by atoms with Crippen LogP contribution < -0.4 is 4.74 Å². The molecule has 0 aromatic heterocycles. The van der Waals surface area contributed by atoms with Gasteiger partial charge in [0.1, 0.15) is 29.3 Å². The minimum atomic E-state index is -0.708. The number of aromatic hydroxyl groups is 1. The van der Waals surface area contributed by atoms with Crippen molar-refractivity contribution in [1.82, 2.24) is 0 Å². The molecule has 0 radical (unpaired) electrons. The molecule has 0 saturated carbocycles. The summed E-state index contributed by atoms with van der Waals surface area (Å²) in [6.45, 7) is 4.83. The van der Waals surface area contributed by atoms with Gasteiger partial charge in [-0.3, -0.25) is 4.79 Å². The number of carbonyl (C=O) groups is 2. The second kappa shape index (κ2) is 5.71. The lowest BCUT2D eigenvalue weighted by atomic mass is 9.94. The summed E-state index contributed by atoms with van der Waals surface area (Å²) >= 11 is 0. The Morgan fingerprint density at radius 2 is 2.05 bits per heavy atom. The Labute approximate surface area is 128 Å². The maximum Gasteiger partial charge on any atom is 0.342 e. The number of carbonyl (C=O) groups excluding carboxylic acids is 2. The van der Waals surface area contributed by atoms with Crippen LogP contribution in [0, 0.1) is 0 Å². The van der Waals surface area contributed by atoms with Gasteiger partial charge in [0.2, 0.25) is 0 Å². The van der Waals surface area contributed by atoms with E-state index >= 15 is 0 Å². The van der Waals surface area contributed by atoms with Gasteiger partial charge in [-0.2, -0.15) is 0 Å². The first-order chi connectivity index (χ1) is 10.2. The summed E-state index contributed by atoms with van der Waals surface area (Å²) in [6, 6.07) is 1.37. The summed E-state index contributed by atoms with van der Waals surface area (Å²) in [6.07, 6.45) is 3.61. The molecule has 0 spiro atoms. The van der Waals surface area contributed by atoms with E-state index in [0.717, 1.165) is 0 Å². The van der Waals surface area contributed by atoms with Gasteiger partial charge in [-0.15, -0.1) is 0 Å². The number of rotatable bonds is 3. The van der Waals surface area contributed by atoms with E-state index in [1.807, 2.05) is 19.9 Å². The van der Waals surface area contributed by atoms with E-state index in [9.17, 15) is 14.7 Å². The molecule has 1 aromatic rings. The van der Waals surface area contributed by atoms with Crippen LogP contribution in [0.4, 0.5) is 0 Å². The number of phenols is 1. The van der Waals surface area contributed by atoms with Crippen LogP contribution in [0.5, 0.6) is 11.5 Å². The van der Waals surface area contributed by atoms with Crippen molar-refractivity contribution in [2.45, 2.75) is 33.0 Å². The average Bonchev–Trinajstić information content (AvgIpc) is 2.42. The van der Waals surface area contributed by atoms with E-state index in [4.69, 9.17) is 14.2 Å². The molecule has 118 valence electrons. The van der Waals surface area contributed by atoms with Gasteiger partial charge in [-0.25, -0.2) is 4.79 Å². The van der Waals surface area contributed by atoms with Crippen molar-refractivity contribution in [3.8, 4) is 11.5 Å². The van der Waals surface area contributed by atoms with Crippen molar-refractivity contribution < 1.29 is 28.9 Å². The van der Waals surface area contributed by atoms with Gasteiger partial charge in [-0.05, 0) is 19.9 Å². The Balaban J connectivity index is 2.61. The Kier molecular flexibility index (Phi) is 4.12. The molecule has 1 aliphatic heterocycles. The zero-order chi connectivity index (χ0) is 16.5. The summed E-state index contributed by atoms with van der Waals surface area (Å²) < 4.78 is 15.5. The highest BCUT2D eigenvalue weighted by Crippen LogP contribution is 2.39. The lowest BCUT2D eigenvalue weighted by Crippen LogP contribution is -2.28. The summed E-state index contributed by atoms with van der Waals surface area (Å²) in [5, 5.41) is 10.1. The van der Waals surface area contributed by atoms with Gasteiger partial charge < -0.3 is 19.3 Å². The van der Waals surface area contributed by atoms with Crippen LogP contribution in [0.3, 0.4) is 0 Å². The largest absolute Gasteiger partial charge is 0.507 e. The maximum atomic E-state index is 11.9. The van der Waals surface area contributed by atoms with Gasteiger partial charge in [0.05, 0.1) is 7.11 Å².